The number of carbonyl (C=O) groups is 1. The second-order valence-corrected chi connectivity index (χ2v) is 5.05. The normalized spacial score (nSPS) is 16.4. The quantitative estimate of drug-likeness (QED) is 0.782. The van der Waals surface area contributed by atoms with Crippen LogP contribution < -0.4 is 0 Å². The average Bonchev–Trinajstić information content (AvgIpc) is 2.38. The zero-order valence-corrected chi connectivity index (χ0v) is 10.9. The Morgan fingerprint density at radius 2 is 2.22 bits per heavy atom. The summed E-state index contributed by atoms with van der Waals surface area (Å²) in [6.45, 7) is 3.69. The second kappa shape index (κ2) is 5.36. The molecule has 4 nitrogen and oxygen atoms in total. The van der Waals surface area contributed by atoms with Crippen molar-refractivity contribution in [1.82, 2.24) is 9.88 Å². The van der Waals surface area contributed by atoms with Gasteiger partial charge in [0, 0.05) is 19.3 Å². The van der Waals surface area contributed by atoms with Gasteiger partial charge >= 0.3 is 0 Å². The van der Waals surface area contributed by atoms with Gasteiger partial charge in [0.15, 0.2) is 0 Å². The van der Waals surface area contributed by atoms with Gasteiger partial charge in [0.05, 0.1) is 10.6 Å². The fourth-order valence-corrected chi connectivity index (χ4v) is 2.27. The zero-order valence-electron chi connectivity index (χ0n) is 10.2. The summed E-state index contributed by atoms with van der Waals surface area (Å²) in [5, 5.41) is 8.97. The maximum atomic E-state index is 12.2. The van der Waals surface area contributed by atoms with Crippen molar-refractivity contribution in [3.63, 3.8) is 0 Å². The summed E-state index contributed by atoms with van der Waals surface area (Å²) in [6.07, 6.45) is 3.41. The Bertz CT molecular complexity index is 501. The third-order valence-corrected chi connectivity index (χ3v) is 3.53. The van der Waals surface area contributed by atoms with E-state index in [1.54, 1.807) is 4.90 Å². The summed E-state index contributed by atoms with van der Waals surface area (Å²) in [5.74, 6) is 0.523. The maximum absolute atomic E-state index is 12.2. The highest BCUT2D eigenvalue weighted by molar-refractivity contribution is 6.33. The number of pyridine rings is 1. The van der Waals surface area contributed by atoms with Gasteiger partial charge in [-0.05, 0) is 24.8 Å². The molecule has 1 aliphatic rings. The summed E-state index contributed by atoms with van der Waals surface area (Å²) in [7, 11) is 0. The van der Waals surface area contributed by atoms with Gasteiger partial charge in [0.1, 0.15) is 11.8 Å². The lowest BCUT2D eigenvalue weighted by molar-refractivity contribution is 0.0691. The van der Waals surface area contributed by atoms with Crippen LogP contribution in [0.1, 0.15) is 35.8 Å². The van der Waals surface area contributed by atoms with Crippen LogP contribution in [0.2, 0.25) is 5.02 Å². The van der Waals surface area contributed by atoms with E-state index in [2.05, 4.69) is 11.9 Å². The average molecular weight is 264 g/mol. The summed E-state index contributed by atoms with van der Waals surface area (Å²) in [5.41, 5.74) is 0.606. The number of piperidine rings is 1. The topological polar surface area (TPSA) is 57.0 Å². The number of aromatic nitrogens is 1. The van der Waals surface area contributed by atoms with E-state index in [0.29, 0.717) is 11.5 Å². The second-order valence-electron chi connectivity index (χ2n) is 4.64. The molecule has 0 radical (unpaired) electrons. The van der Waals surface area contributed by atoms with E-state index in [0.717, 1.165) is 25.9 Å². The molecule has 0 aromatic carbocycles. The van der Waals surface area contributed by atoms with E-state index >= 15 is 0 Å². The Kier molecular flexibility index (Phi) is 3.83. The van der Waals surface area contributed by atoms with Crippen molar-refractivity contribution in [3.8, 4) is 6.07 Å². The van der Waals surface area contributed by atoms with Crippen LogP contribution >= 0.6 is 11.6 Å². The molecule has 1 aromatic rings. The Hall–Kier alpha value is -1.60. The summed E-state index contributed by atoms with van der Waals surface area (Å²) >= 11 is 5.99. The Labute approximate surface area is 111 Å². The molecule has 1 amide bonds. The SMILES string of the molecule is CC1CCN(C(=O)c2ncc(C#N)cc2Cl)CC1. The summed E-state index contributed by atoms with van der Waals surface area (Å²) < 4.78 is 0. The fourth-order valence-electron chi connectivity index (χ4n) is 2.02. The first-order valence-corrected chi connectivity index (χ1v) is 6.34. The third kappa shape index (κ3) is 2.62. The van der Waals surface area contributed by atoms with E-state index < -0.39 is 0 Å². The molecule has 1 aromatic heterocycles. The number of halogens is 1. The van der Waals surface area contributed by atoms with E-state index in [4.69, 9.17) is 16.9 Å². The number of hydrogen-bond acceptors (Lipinski definition) is 3. The van der Waals surface area contributed by atoms with Gasteiger partial charge in [-0.2, -0.15) is 5.26 Å². The minimum Gasteiger partial charge on any atom is -0.337 e. The number of nitrogens with zero attached hydrogens (tertiary/aromatic N) is 3. The van der Waals surface area contributed by atoms with Crippen molar-refractivity contribution in [1.29, 1.82) is 5.26 Å². The number of amides is 1. The molecule has 5 heteroatoms. The monoisotopic (exact) mass is 263 g/mol. The van der Waals surface area contributed by atoms with Crippen LogP contribution in [0.5, 0.6) is 0 Å². The summed E-state index contributed by atoms with van der Waals surface area (Å²) in [4.78, 5) is 18.0. The molecule has 1 saturated heterocycles. The standard InChI is InChI=1S/C13H14ClN3O/c1-9-2-4-17(5-3-9)13(18)12-11(14)6-10(7-15)8-16-12/h6,8-9H,2-5H2,1H3. The molecule has 2 rings (SSSR count). The fraction of sp³-hybridized carbons (Fsp3) is 0.462. The molecule has 1 aliphatic heterocycles. The largest absolute Gasteiger partial charge is 0.337 e. The molecule has 0 aliphatic carbocycles. The highest BCUT2D eigenvalue weighted by atomic mass is 35.5. The van der Waals surface area contributed by atoms with Crippen LogP contribution in [-0.2, 0) is 0 Å². The first-order chi connectivity index (χ1) is 8.61. The summed E-state index contributed by atoms with van der Waals surface area (Å²) in [6, 6.07) is 3.43. The predicted octanol–water partition coefficient (Wildman–Crippen LogP) is 2.48. The van der Waals surface area contributed by atoms with Gasteiger partial charge in [0.2, 0.25) is 0 Å². The lowest BCUT2D eigenvalue weighted by atomic mass is 9.99. The number of likely N-dealkylation sites (tertiary alicyclic amines) is 1. The number of carbonyl (C=O) groups excluding carboxylic acids is 1. The molecule has 18 heavy (non-hydrogen) atoms. The molecule has 0 N–H and O–H groups in total. The molecule has 0 bridgehead atoms. The molecule has 0 saturated carbocycles. The number of rotatable bonds is 1. The van der Waals surface area contributed by atoms with Crippen molar-refractivity contribution in [2.24, 2.45) is 5.92 Å². The highest BCUT2D eigenvalue weighted by Crippen LogP contribution is 2.21. The van der Waals surface area contributed by atoms with Crippen molar-refractivity contribution < 1.29 is 4.79 Å². The molecule has 1 fully saturated rings. The Morgan fingerprint density at radius 1 is 1.56 bits per heavy atom. The van der Waals surface area contributed by atoms with Crippen LogP contribution in [-0.4, -0.2) is 28.9 Å². The van der Waals surface area contributed by atoms with Gasteiger partial charge in [-0.15, -0.1) is 0 Å². The van der Waals surface area contributed by atoms with Gasteiger partial charge in [-0.1, -0.05) is 18.5 Å². The van der Waals surface area contributed by atoms with Crippen LogP contribution in [0.4, 0.5) is 0 Å². The minimum atomic E-state index is -0.142. The Balaban J connectivity index is 2.17. The van der Waals surface area contributed by atoms with Gasteiger partial charge in [-0.3, -0.25) is 4.79 Å². The van der Waals surface area contributed by atoms with Crippen molar-refractivity contribution in [3.05, 3.63) is 28.5 Å². The smallest absolute Gasteiger partial charge is 0.273 e. The Morgan fingerprint density at radius 3 is 2.78 bits per heavy atom. The van der Waals surface area contributed by atoms with Crippen molar-refractivity contribution in [2.75, 3.05) is 13.1 Å². The van der Waals surface area contributed by atoms with E-state index in [1.165, 1.54) is 12.3 Å². The lowest BCUT2D eigenvalue weighted by Gasteiger charge is -2.30. The predicted molar refractivity (Wildman–Crippen MR) is 68.3 cm³/mol. The first kappa shape index (κ1) is 12.8. The number of nitriles is 1. The molecule has 0 spiro atoms. The highest BCUT2D eigenvalue weighted by Gasteiger charge is 2.24. The van der Waals surface area contributed by atoms with Crippen molar-refractivity contribution >= 4 is 17.5 Å². The zero-order chi connectivity index (χ0) is 13.1. The molecule has 0 unspecified atom stereocenters. The van der Waals surface area contributed by atoms with Gasteiger partial charge < -0.3 is 4.90 Å². The van der Waals surface area contributed by atoms with Gasteiger partial charge in [-0.25, -0.2) is 4.98 Å². The van der Waals surface area contributed by atoms with Crippen LogP contribution in [0.25, 0.3) is 0 Å². The van der Waals surface area contributed by atoms with Crippen LogP contribution in [0.15, 0.2) is 12.3 Å². The first-order valence-electron chi connectivity index (χ1n) is 5.96. The molecule has 2 heterocycles. The lowest BCUT2D eigenvalue weighted by Crippen LogP contribution is -2.38. The van der Waals surface area contributed by atoms with E-state index in [-0.39, 0.29) is 16.6 Å². The molecular weight excluding hydrogens is 250 g/mol. The number of hydrogen-bond donors (Lipinski definition) is 0. The minimum absolute atomic E-state index is 0.142. The van der Waals surface area contributed by atoms with Crippen LogP contribution in [0, 0.1) is 17.2 Å². The van der Waals surface area contributed by atoms with E-state index in [1.807, 2.05) is 6.07 Å². The van der Waals surface area contributed by atoms with E-state index in [9.17, 15) is 4.79 Å². The van der Waals surface area contributed by atoms with Crippen molar-refractivity contribution in [2.45, 2.75) is 19.8 Å². The maximum Gasteiger partial charge on any atom is 0.273 e. The van der Waals surface area contributed by atoms with Gasteiger partial charge in [0.25, 0.3) is 5.91 Å². The molecule has 0 atom stereocenters. The third-order valence-electron chi connectivity index (χ3n) is 3.24. The van der Waals surface area contributed by atoms with Crippen LogP contribution in [0.3, 0.4) is 0 Å². The molecule has 94 valence electrons. The molecular formula is C13H14ClN3O.